The van der Waals surface area contributed by atoms with E-state index >= 15 is 0 Å². The van der Waals surface area contributed by atoms with Crippen LogP contribution in [0.3, 0.4) is 0 Å². The van der Waals surface area contributed by atoms with E-state index in [1.54, 1.807) is 14.2 Å². The molecule has 1 atom stereocenters. The Hall–Kier alpha value is -1.13. The molecule has 3 N–H and O–H groups in total. The van der Waals surface area contributed by atoms with Gasteiger partial charge < -0.3 is 25.2 Å². The highest BCUT2D eigenvalue weighted by atomic mass is 127. The summed E-state index contributed by atoms with van der Waals surface area (Å²) in [7, 11) is 3.42. The predicted octanol–water partition coefficient (Wildman–Crippen LogP) is 1.78. The summed E-state index contributed by atoms with van der Waals surface area (Å²) in [6.07, 6.45) is 3.51. The summed E-state index contributed by atoms with van der Waals surface area (Å²) < 4.78 is 11.0. The van der Waals surface area contributed by atoms with Crippen LogP contribution in [0.2, 0.25) is 0 Å². The van der Waals surface area contributed by atoms with Gasteiger partial charge in [-0.15, -0.1) is 24.0 Å². The number of aromatic nitrogens is 1. The van der Waals surface area contributed by atoms with Crippen LogP contribution >= 0.6 is 24.0 Å². The Kier molecular flexibility index (Phi) is 9.59. The van der Waals surface area contributed by atoms with Gasteiger partial charge in [-0.2, -0.15) is 0 Å². The number of methoxy groups -OCH3 is 1. The van der Waals surface area contributed by atoms with Crippen molar-refractivity contribution in [2.75, 3.05) is 40.5 Å². The molecular weight excluding hydrogens is 447 g/mol. The molecule has 26 heavy (non-hydrogen) atoms. The lowest BCUT2D eigenvalue weighted by Crippen LogP contribution is -2.44. The highest BCUT2D eigenvalue weighted by Gasteiger charge is 2.34. The van der Waals surface area contributed by atoms with Crippen molar-refractivity contribution in [3.05, 3.63) is 23.0 Å². The number of ether oxygens (including phenoxy) is 2. The number of guanidine groups is 1. The van der Waals surface area contributed by atoms with E-state index in [1.165, 1.54) is 0 Å². The molecule has 0 aliphatic carbocycles. The molecule has 0 aromatic carbocycles. The minimum Gasteiger partial charge on any atom is -0.496 e. The number of pyridine rings is 1. The third-order valence-electron chi connectivity index (χ3n) is 4.85. The molecule has 0 radical (unpaired) electrons. The van der Waals surface area contributed by atoms with Gasteiger partial charge in [-0.05, 0) is 26.7 Å². The fraction of sp³-hybridized carbons (Fsp3) is 0.667. The molecular formula is C18H31IN4O3. The van der Waals surface area contributed by atoms with Crippen LogP contribution < -0.4 is 15.4 Å². The summed E-state index contributed by atoms with van der Waals surface area (Å²) >= 11 is 0. The number of rotatable bonds is 7. The minimum atomic E-state index is -0.0202. The van der Waals surface area contributed by atoms with E-state index in [4.69, 9.17) is 9.47 Å². The molecule has 1 aromatic heterocycles. The van der Waals surface area contributed by atoms with E-state index in [-0.39, 0.29) is 36.0 Å². The molecule has 8 heteroatoms. The van der Waals surface area contributed by atoms with Crippen molar-refractivity contribution in [3.8, 4) is 5.75 Å². The van der Waals surface area contributed by atoms with E-state index in [0.29, 0.717) is 19.1 Å². The van der Waals surface area contributed by atoms with Gasteiger partial charge in [-0.3, -0.25) is 9.98 Å². The van der Waals surface area contributed by atoms with Crippen molar-refractivity contribution in [1.82, 2.24) is 15.6 Å². The summed E-state index contributed by atoms with van der Waals surface area (Å²) in [4.78, 5) is 8.77. The average Bonchev–Trinajstić information content (AvgIpc) is 3.06. The van der Waals surface area contributed by atoms with Gasteiger partial charge in [-0.25, -0.2) is 0 Å². The van der Waals surface area contributed by atoms with E-state index in [1.807, 2.05) is 20.0 Å². The second kappa shape index (κ2) is 10.9. The van der Waals surface area contributed by atoms with Crippen LogP contribution in [0.4, 0.5) is 0 Å². The van der Waals surface area contributed by atoms with Crippen molar-refractivity contribution in [2.24, 2.45) is 10.4 Å². The Bertz CT molecular complexity index is 604. The monoisotopic (exact) mass is 478 g/mol. The van der Waals surface area contributed by atoms with Crippen LogP contribution in [-0.2, 0) is 11.3 Å². The Morgan fingerprint density at radius 3 is 2.77 bits per heavy atom. The van der Waals surface area contributed by atoms with Gasteiger partial charge in [0.05, 0.1) is 26.0 Å². The average molecular weight is 478 g/mol. The lowest BCUT2D eigenvalue weighted by atomic mass is 9.84. The number of aliphatic hydroxyl groups excluding tert-OH is 1. The molecule has 0 spiro atoms. The predicted molar refractivity (Wildman–Crippen MR) is 113 cm³/mol. The van der Waals surface area contributed by atoms with E-state index in [0.717, 1.165) is 48.6 Å². The van der Waals surface area contributed by atoms with Crippen LogP contribution in [0.15, 0.2) is 11.2 Å². The standard InChI is InChI=1S/C18H30N4O3.HI/c1-13-9-20-15(14(2)16(13)24-4)10-21-17(19-3)22-11-18(5-7-23)6-8-25-12-18;/h9,23H,5-8,10-12H2,1-4H3,(H2,19,21,22);1H. The van der Waals surface area contributed by atoms with Gasteiger partial charge in [0.2, 0.25) is 0 Å². The molecule has 1 unspecified atom stereocenters. The van der Waals surface area contributed by atoms with Gasteiger partial charge >= 0.3 is 0 Å². The van der Waals surface area contributed by atoms with Crippen LogP contribution in [0.25, 0.3) is 0 Å². The molecule has 0 bridgehead atoms. The summed E-state index contributed by atoms with van der Waals surface area (Å²) in [6.45, 7) is 6.87. The van der Waals surface area contributed by atoms with Gasteiger partial charge in [-0.1, -0.05) is 0 Å². The van der Waals surface area contributed by atoms with Crippen LogP contribution in [0.5, 0.6) is 5.75 Å². The number of hydrogen-bond acceptors (Lipinski definition) is 5. The highest BCUT2D eigenvalue weighted by molar-refractivity contribution is 14.0. The number of aliphatic hydroxyl groups is 1. The first-order chi connectivity index (χ1) is 12.0. The zero-order chi connectivity index (χ0) is 18.3. The van der Waals surface area contributed by atoms with Crippen LogP contribution in [-0.4, -0.2) is 56.6 Å². The number of halogens is 1. The first kappa shape index (κ1) is 22.9. The Morgan fingerprint density at radius 1 is 1.42 bits per heavy atom. The number of nitrogens with zero attached hydrogens (tertiary/aromatic N) is 2. The molecule has 0 amide bonds. The zero-order valence-electron chi connectivity index (χ0n) is 16.1. The molecule has 148 valence electrons. The van der Waals surface area contributed by atoms with E-state index in [2.05, 4.69) is 20.6 Å². The lowest BCUT2D eigenvalue weighted by Gasteiger charge is -2.27. The summed E-state index contributed by atoms with van der Waals surface area (Å²) in [5.41, 5.74) is 2.97. The maximum absolute atomic E-state index is 9.32. The number of aliphatic imine (C=N–C) groups is 1. The molecule has 0 saturated carbocycles. The third-order valence-corrected chi connectivity index (χ3v) is 4.85. The summed E-state index contributed by atoms with van der Waals surface area (Å²) in [5, 5.41) is 16.0. The van der Waals surface area contributed by atoms with E-state index < -0.39 is 0 Å². The van der Waals surface area contributed by atoms with Crippen molar-refractivity contribution in [3.63, 3.8) is 0 Å². The quantitative estimate of drug-likeness (QED) is 0.315. The highest BCUT2D eigenvalue weighted by Crippen LogP contribution is 2.31. The third kappa shape index (κ3) is 5.68. The van der Waals surface area contributed by atoms with Gasteiger partial charge in [0.1, 0.15) is 5.75 Å². The topological polar surface area (TPSA) is 88.0 Å². The Morgan fingerprint density at radius 2 is 2.19 bits per heavy atom. The molecule has 1 aliphatic heterocycles. The largest absolute Gasteiger partial charge is 0.496 e. The Labute approximate surface area is 173 Å². The minimum absolute atomic E-state index is 0. The number of nitrogens with one attached hydrogen (secondary N) is 2. The van der Waals surface area contributed by atoms with Gasteiger partial charge in [0, 0.05) is 49.5 Å². The fourth-order valence-corrected chi connectivity index (χ4v) is 3.22. The molecule has 7 nitrogen and oxygen atoms in total. The Balaban J connectivity index is 0.00000338. The van der Waals surface area contributed by atoms with Crippen molar-refractivity contribution < 1.29 is 14.6 Å². The zero-order valence-corrected chi connectivity index (χ0v) is 18.4. The fourth-order valence-electron chi connectivity index (χ4n) is 3.22. The molecule has 1 fully saturated rings. The second-order valence-electron chi connectivity index (χ2n) is 6.60. The van der Waals surface area contributed by atoms with Crippen LogP contribution in [0, 0.1) is 19.3 Å². The van der Waals surface area contributed by atoms with Crippen molar-refractivity contribution >= 4 is 29.9 Å². The SMILES string of the molecule is CN=C(NCc1ncc(C)c(OC)c1C)NCC1(CCO)CCOC1.I. The molecule has 1 aliphatic rings. The molecule has 2 rings (SSSR count). The summed E-state index contributed by atoms with van der Waals surface area (Å²) in [6, 6.07) is 0. The maximum atomic E-state index is 9.32. The molecule has 1 aromatic rings. The summed E-state index contributed by atoms with van der Waals surface area (Å²) in [5.74, 6) is 1.59. The normalized spacial score (nSPS) is 19.8. The van der Waals surface area contributed by atoms with Gasteiger partial charge in [0.25, 0.3) is 0 Å². The lowest BCUT2D eigenvalue weighted by molar-refractivity contribution is 0.127. The van der Waals surface area contributed by atoms with Crippen molar-refractivity contribution in [1.29, 1.82) is 0 Å². The second-order valence-corrected chi connectivity index (χ2v) is 6.60. The number of aryl methyl sites for hydroxylation is 1. The smallest absolute Gasteiger partial charge is 0.191 e. The maximum Gasteiger partial charge on any atom is 0.191 e. The van der Waals surface area contributed by atoms with Gasteiger partial charge in [0.15, 0.2) is 5.96 Å². The molecule has 1 saturated heterocycles. The first-order valence-corrected chi connectivity index (χ1v) is 8.67. The first-order valence-electron chi connectivity index (χ1n) is 8.67. The number of hydrogen-bond donors (Lipinski definition) is 3. The van der Waals surface area contributed by atoms with E-state index in [9.17, 15) is 5.11 Å². The molecule has 2 heterocycles. The van der Waals surface area contributed by atoms with Crippen molar-refractivity contribution in [2.45, 2.75) is 33.2 Å². The van der Waals surface area contributed by atoms with Crippen LogP contribution in [0.1, 0.15) is 29.7 Å².